The molecule has 1 heteroatoms. The maximum absolute atomic E-state index is 3.41. The quantitative estimate of drug-likeness (QED) is 0.609. The number of allylic oxidation sites excluding steroid dienone is 1. The molecule has 0 saturated heterocycles. The molecule has 12 heavy (non-hydrogen) atoms. The van der Waals surface area contributed by atoms with E-state index in [0.29, 0.717) is 5.41 Å². The summed E-state index contributed by atoms with van der Waals surface area (Å²) in [4.78, 5) is 2.37. The second-order valence-electron chi connectivity index (χ2n) is 4.80. The van der Waals surface area contributed by atoms with Crippen molar-refractivity contribution < 1.29 is 0 Å². The highest BCUT2D eigenvalue weighted by molar-refractivity contribution is 4.93. The molecule has 1 nitrogen and oxygen atoms in total. The molecule has 0 spiro atoms. The lowest BCUT2D eigenvalue weighted by Gasteiger charge is -2.32. The summed E-state index contributed by atoms with van der Waals surface area (Å²) in [6, 6.07) is 0. The molecule has 0 aromatic heterocycles. The van der Waals surface area contributed by atoms with Crippen LogP contribution in [0.25, 0.3) is 0 Å². The second-order valence-corrected chi connectivity index (χ2v) is 4.80. The third kappa shape index (κ3) is 2.88. The van der Waals surface area contributed by atoms with E-state index in [0.717, 1.165) is 5.92 Å². The summed E-state index contributed by atoms with van der Waals surface area (Å²) in [5.74, 6) is 0.754. The van der Waals surface area contributed by atoms with Gasteiger partial charge in [-0.2, -0.15) is 0 Å². The first-order chi connectivity index (χ1) is 5.49. The number of nitrogens with zero attached hydrogens (tertiary/aromatic N) is 1. The van der Waals surface area contributed by atoms with Crippen LogP contribution in [0.1, 0.15) is 34.1 Å². The first-order valence-corrected chi connectivity index (χ1v) is 4.85. The summed E-state index contributed by atoms with van der Waals surface area (Å²) >= 11 is 0. The van der Waals surface area contributed by atoms with Crippen LogP contribution in [-0.4, -0.2) is 18.0 Å². The highest BCUT2D eigenvalue weighted by Gasteiger charge is 2.20. The van der Waals surface area contributed by atoms with Crippen molar-refractivity contribution in [3.63, 3.8) is 0 Å². The van der Waals surface area contributed by atoms with E-state index in [1.807, 2.05) is 0 Å². The minimum atomic E-state index is 0.299. The molecule has 0 bridgehead atoms. The van der Waals surface area contributed by atoms with E-state index in [1.54, 1.807) is 0 Å². The lowest BCUT2D eigenvalue weighted by Crippen LogP contribution is -2.31. The van der Waals surface area contributed by atoms with Crippen LogP contribution in [0.4, 0.5) is 0 Å². The Bertz CT molecular complexity index is 168. The van der Waals surface area contributed by atoms with Gasteiger partial charge in [-0.3, -0.25) is 0 Å². The zero-order valence-corrected chi connectivity index (χ0v) is 8.72. The average molecular weight is 166 g/mol. The van der Waals surface area contributed by atoms with E-state index >= 15 is 0 Å². The summed E-state index contributed by atoms with van der Waals surface area (Å²) in [5, 5.41) is 0. The van der Waals surface area contributed by atoms with Crippen molar-refractivity contribution >= 4 is 0 Å². The molecule has 0 aliphatic carbocycles. The van der Waals surface area contributed by atoms with Gasteiger partial charge in [0, 0.05) is 19.3 Å². The van der Waals surface area contributed by atoms with Gasteiger partial charge in [0.2, 0.25) is 0 Å². The molecule has 0 aromatic carbocycles. The molecule has 0 amide bonds. The summed E-state index contributed by atoms with van der Waals surface area (Å²) in [5.41, 5.74) is 0.299. The van der Waals surface area contributed by atoms with Crippen LogP contribution in [0.3, 0.4) is 0 Å². The minimum absolute atomic E-state index is 0.299. The summed E-state index contributed by atoms with van der Waals surface area (Å²) < 4.78 is 0. The van der Waals surface area contributed by atoms with E-state index in [1.165, 1.54) is 19.5 Å². The Morgan fingerprint density at radius 1 is 1.50 bits per heavy atom. The van der Waals surface area contributed by atoms with Crippen molar-refractivity contribution in [3.8, 4) is 0 Å². The van der Waals surface area contributed by atoms with Crippen molar-refractivity contribution in [2.24, 2.45) is 11.3 Å². The summed E-state index contributed by atoms with van der Waals surface area (Å²) in [6.07, 6.45) is 6.79. The van der Waals surface area contributed by atoms with Crippen molar-refractivity contribution in [1.29, 1.82) is 0 Å². The van der Waals surface area contributed by atoms with Crippen LogP contribution in [0.5, 0.6) is 0 Å². The molecule has 1 radical (unpaired) electrons. The van der Waals surface area contributed by atoms with Crippen molar-refractivity contribution in [1.82, 2.24) is 4.90 Å². The molecule has 69 valence electrons. The Labute approximate surface area is 76.5 Å². The molecule has 1 rings (SSSR count). The van der Waals surface area contributed by atoms with Crippen LogP contribution in [-0.2, 0) is 0 Å². The first kappa shape index (κ1) is 9.63. The average Bonchev–Trinajstić information content (AvgIpc) is 1.93. The highest BCUT2D eigenvalue weighted by atomic mass is 15.1. The fourth-order valence-electron chi connectivity index (χ4n) is 1.44. The van der Waals surface area contributed by atoms with E-state index in [9.17, 15) is 0 Å². The third-order valence-electron chi connectivity index (χ3n) is 2.26. The van der Waals surface area contributed by atoms with Crippen LogP contribution in [0.2, 0.25) is 0 Å². The van der Waals surface area contributed by atoms with Crippen molar-refractivity contribution in [2.75, 3.05) is 13.1 Å². The maximum atomic E-state index is 3.41. The van der Waals surface area contributed by atoms with Gasteiger partial charge in [0.15, 0.2) is 0 Å². The van der Waals surface area contributed by atoms with E-state index in [4.69, 9.17) is 0 Å². The molecular weight excluding hydrogens is 146 g/mol. The molecule has 0 fully saturated rings. The van der Waals surface area contributed by atoms with Crippen LogP contribution < -0.4 is 0 Å². The molecule has 0 saturated carbocycles. The van der Waals surface area contributed by atoms with Crippen LogP contribution in [0.15, 0.2) is 6.20 Å². The van der Waals surface area contributed by atoms with Gasteiger partial charge in [0.25, 0.3) is 0 Å². The molecule has 1 aliphatic rings. The van der Waals surface area contributed by atoms with E-state index in [-0.39, 0.29) is 0 Å². The smallest absolute Gasteiger partial charge is 0.0195 e. The largest absolute Gasteiger partial charge is 0.377 e. The lowest BCUT2D eigenvalue weighted by atomic mass is 9.87. The Morgan fingerprint density at radius 2 is 2.17 bits per heavy atom. The highest BCUT2D eigenvalue weighted by Crippen LogP contribution is 2.25. The minimum Gasteiger partial charge on any atom is -0.377 e. The molecule has 0 N–H and O–H groups in total. The lowest BCUT2D eigenvalue weighted by molar-refractivity contribution is 0.249. The summed E-state index contributed by atoms with van der Waals surface area (Å²) in [6.45, 7) is 11.4. The Balaban J connectivity index is 2.43. The summed E-state index contributed by atoms with van der Waals surface area (Å²) in [7, 11) is 0. The maximum Gasteiger partial charge on any atom is 0.0195 e. The Morgan fingerprint density at radius 3 is 2.58 bits per heavy atom. The van der Waals surface area contributed by atoms with Gasteiger partial charge in [-0.1, -0.05) is 27.7 Å². The zero-order chi connectivity index (χ0) is 9.19. The molecular formula is C11H20N. The molecule has 0 aromatic rings. The van der Waals surface area contributed by atoms with Gasteiger partial charge >= 0.3 is 0 Å². The van der Waals surface area contributed by atoms with Crippen LogP contribution in [0, 0.1) is 17.4 Å². The van der Waals surface area contributed by atoms with E-state index < -0.39 is 0 Å². The predicted molar refractivity (Wildman–Crippen MR) is 52.6 cm³/mol. The second kappa shape index (κ2) is 3.51. The number of rotatable bonds is 2. The topological polar surface area (TPSA) is 3.24 Å². The van der Waals surface area contributed by atoms with Crippen molar-refractivity contribution in [3.05, 3.63) is 12.3 Å². The molecule has 1 heterocycles. The van der Waals surface area contributed by atoms with Gasteiger partial charge in [-0.15, -0.1) is 0 Å². The third-order valence-corrected chi connectivity index (χ3v) is 2.26. The van der Waals surface area contributed by atoms with Gasteiger partial charge in [-0.25, -0.2) is 0 Å². The van der Waals surface area contributed by atoms with Gasteiger partial charge < -0.3 is 4.90 Å². The monoisotopic (exact) mass is 166 g/mol. The Kier molecular flexibility index (Phi) is 2.81. The van der Waals surface area contributed by atoms with Crippen molar-refractivity contribution in [2.45, 2.75) is 34.1 Å². The van der Waals surface area contributed by atoms with E-state index in [2.05, 4.69) is 44.9 Å². The fraction of sp³-hybridized carbons (Fsp3) is 0.818. The van der Waals surface area contributed by atoms with Crippen LogP contribution >= 0.6 is 0 Å². The number of hydrogen-bond donors (Lipinski definition) is 0. The Hall–Kier alpha value is -0.460. The zero-order valence-electron chi connectivity index (χ0n) is 8.72. The SMILES string of the molecule is CC(C)CN1C=[C]C(C)(C)CC1. The number of hydrogen-bond acceptors (Lipinski definition) is 1. The first-order valence-electron chi connectivity index (χ1n) is 4.85. The van der Waals surface area contributed by atoms with Gasteiger partial charge in [0.05, 0.1) is 0 Å². The van der Waals surface area contributed by atoms with Gasteiger partial charge in [0.1, 0.15) is 0 Å². The standard InChI is InChI=1S/C11H20N/c1-10(2)9-12-7-5-11(3,4)6-8-12/h8,10H,5,7,9H2,1-4H3. The normalized spacial score (nSPS) is 21.9. The molecule has 0 unspecified atom stereocenters. The molecule has 1 aliphatic heterocycles. The van der Waals surface area contributed by atoms with Gasteiger partial charge in [-0.05, 0) is 23.8 Å². The fourth-order valence-corrected chi connectivity index (χ4v) is 1.44. The molecule has 0 atom stereocenters. The predicted octanol–water partition coefficient (Wildman–Crippen LogP) is 2.69.